The Labute approximate surface area is 84.6 Å². The van der Waals surface area contributed by atoms with Crippen LogP contribution < -0.4 is 5.32 Å². The minimum Gasteiger partial charge on any atom is -0.378 e. The highest BCUT2D eigenvalue weighted by Gasteiger charge is 2.32. The van der Waals surface area contributed by atoms with Crippen LogP contribution in [0.5, 0.6) is 0 Å². The van der Waals surface area contributed by atoms with Crippen LogP contribution in [-0.2, 0) is 9.53 Å². The Morgan fingerprint density at radius 2 is 2.14 bits per heavy atom. The summed E-state index contributed by atoms with van der Waals surface area (Å²) in [5.41, 5.74) is 0. The van der Waals surface area contributed by atoms with Crippen molar-refractivity contribution >= 4 is 5.91 Å². The second-order valence-electron chi connectivity index (χ2n) is 4.14. The van der Waals surface area contributed by atoms with Crippen LogP contribution in [0.2, 0.25) is 0 Å². The normalized spacial score (nSPS) is 33.4. The molecule has 1 amide bonds. The number of rotatable bonds is 1. The Morgan fingerprint density at radius 1 is 1.43 bits per heavy atom. The Kier molecular flexibility index (Phi) is 3.03. The van der Waals surface area contributed by atoms with E-state index in [4.69, 9.17) is 4.74 Å². The number of carbonyl (C=O) groups excluding carboxylic acids is 1. The number of hydrogen-bond donors (Lipinski definition) is 1. The molecule has 2 heterocycles. The lowest BCUT2D eigenvalue weighted by Gasteiger charge is -2.30. The van der Waals surface area contributed by atoms with Crippen LogP contribution >= 0.6 is 0 Å². The van der Waals surface area contributed by atoms with Crippen molar-refractivity contribution in [3.63, 3.8) is 0 Å². The van der Waals surface area contributed by atoms with Gasteiger partial charge in [0.05, 0.1) is 19.3 Å². The Bertz CT molecular complexity index is 214. The third-order valence-electron chi connectivity index (χ3n) is 3.12. The fraction of sp³-hybridized carbons (Fsp3) is 0.900. The zero-order valence-electron chi connectivity index (χ0n) is 8.66. The monoisotopic (exact) mass is 198 g/mol. The Balaban J connectivity index is 1.92. The topological polar surface area (TPSA) is 41.6 Å². The van der Waals surface area contributed by atoms with Gasteiger partial charge in [0.25, 0.3) is 0 Å². The van der Waals surface area contributed by atoms with Crippen molar-refractivity contribution in [2.24, 2.45) is 5.92 Å². The molecule has 2 fully saturated rings. The summed E-state index contributed by atoms with van der Waals surface area (Å²) < 4.78 is 5.23. The van der Waals surface area contributed by atoms with Crippen LogP contribution in [0.15, 0.2) is 0 Å². The average molecular weight is 198 g/mol. The molecule has 2 unspecified atom stereocenters. The average Bonchev–Trinajstić information content (AvgIpc) is 2.65. The quantitative estimate of drug-likeness (QED) is 0.637. The molecule has 0 aromatic carbocycles. The van der Waals surface area contributed by atoms with Crippen LogP contribution in [0, 0.1) is 5.92 Å². The Morgan fingerprint density at radius 3 is 2.71 bits per heavy atom. The van der Waals surface area contributed by atoms with Gasteiger partial charge in [-0.3, -0.25) is 4.79 Å². The van der Waals surface area contributed by atoms with E-state index in [0.29, 0.717) is 19.1 Å². The summed E-state index contributed by atoms with van der Waals surface area (Å²) in [5.74, 6) is 0.739. The van der Waals surface area contributed by atoms with Crippen molar-refractivity contribution in [3.05, 3.63) is 0 Å². The van der Waals surface area contributed by atoms with Crippen molar-refractivity contribution in [3.8, 4) is 0 Å². The minimum atomic E-state index is 0.0492. The summed E-state index contributed by atoms with van der Waals surface area (Å²) in [6.07, 6.45) is 1.11. The molecule has 2 aliphatic heterocycles. The number of hydrogen-bond acceptors (Lipinski definition) is 3. The van der Waals surface area contributed by atoms with Gasteiger partial charge in [0.15, 0.2) is 0 Å². The van der Waals surface area contributed by atoms with Crippen molar-refractivity contribution in [1.29, 1.82) is 0 Å². The van der Waals surface area contributed by atoms with E-state index in [1.165, 1.54) is 0 Å². The maximum Gasteiger partial charge on any atom is 0.240 e. The van der Waals surface area contributed by atoms with Crippen LogP contribution in [0.25, 0.3) is 0 Å². The van der Waals surface area contributed by atoms with Crippen molar-refractivity contribution in [1.82, 2.24) is 10.2 Å². The lowest BCUT2D eigenvalue weighted by atomic mass is 10.0. The van der Waals surface area contributed by atoms with Crippen molar-refractivity contribution in [2.75, 3.05) is 32.8 Å². The van der Waals surface area contributed by atoms with Gasteiger partial charge in [-0.25, -0.2) is 0 Å². The molecule has 4 nitrogen and oxygen atoms in total. The van der Waals surface area contributed by atoms with Crippen molar-refractivity contribution < 1.29 is 9.53 Å². The summed E-state index contributed by atoms with van der Waals surface area (Å²) in [6, 6.07) is 0.0492. The summed E-state index contributed by atoms with van der Waals surface area (Å²) >= 11 is 0. The second kappa shape index (κ2) is 4.28. The summed E-state index contributed by atoms with van der Waals surface area (Å²) in [4.78, 5) is 13.9. The predicted octanol–water partition coefficient (Wildman–Crippen LogP) is -0.157. The first-order valence-corrected chi connectivity index (χ1v) is 5.39. The summed E-state index contributed by atoms with van der Waals surface area (Å²) in [7, 11) is 0. The second-order valence-corrected chi connectivity index (χ2v) is 4.14. The molecule has 2 saturated heterocycles. The lowest BCUT2D eigenvalue weighted by molar-refractivity contribution is -0.138. The Hall–Kier alpha value is -0.610. The van der Waals surface area contributed by atoms with E-state index >= 15 is 0 Å². The lowest BCUT2D eigenvalue weighted by Crippen LogP contribution is -2.50. The predicted molar refractivity (Wildman–Crippen MR) is 53.0 cm³/mol. The summed E-state index contributed by atoms with van der Waals surface area (Å²) in [5, 5.41) is 3.27. The van der Waals surface area contributed by atoms with Crippen molar-refractivity contribution in [2.45, 2.75) is 19.4 Å². The molecule has 0 aromatic rings. The first-order valence-electron chi connectivity index (χ1n) is 5.39. The fourth-order valence-corrected chi connectivity index (χ4v) is 2.15. The van der Waals surface area contributed by atoms with Crippen LogP contribution in [0.3, 0.4) is 0 Å². The maximum atomic E-state index is 12.0. The van der Waals surface area contributed by atoms with E-state index in [2.05, 4.69) is 12.2 Å². The largest absolute Gasteiger partial charge is 0.378 e. The van der Waals surface area contributed by atoms with Gasteiger partial charge in [-0.2, -0.15) is 0 Å². The highest BCUT2D eigenvalue weighted by molar-refractivity contribution is 5.82. The first kappa shape index (κ1) is 9.93. The van der Waals surface area contributed by atoms with Crippen LogP contribution in [0.4, 0.5) is 0 Å². The molecule has 2 rings (SSSR count). The molecule has 0 saturated carbocycles. The third kappa shape index (κ3) is 1.91. The fourth-order valence-electron chi connectivity index (χ4n) is 2.15. The molecule has 2 atom stereocenters. The molecule has 80 valence electrons. The van der Waals surface area contributed by atoms with Gasteiger partial charge < -0.3 is 15.0 Å². The molecule has 0 bridgehead atoms. The van der Waals surface area contributed by atoms with E-state index in [1.807, 2.05) is 4.90 Å². The highest BCUT2D eigenvalue weighted by atomic mass is 16.5. The van der Waals surface area contributed by atoms with Gasteiger partial charge in [-0.15, -0.1) is 0 Å². The van der Waals surface area contributed by atoms with E-state index < -0.39 is 0 Å². The molecule has 2 aliphatic rings. The van der Waals surface area contributed by atoms with Gasteiger partial charge in [0, 0.05) is 13.1 Å². The third-order valence-corrected chi connectivity index (χ3v) is 3.12. The number of nitrogens with zero attached hydrogens (tertiary/aromatic N) is 1. The first-order chi connectivity index (χ1) is 6.79. The molecule has 0 radical (unpaired) electrons. The van der Waals surface area contributed by atoms with E-state index in [9.17, 15) is 4.79 Å². The molecule has 1 N–H and O–H groups in total. The van der Waals surface area contributed by atoms with Gasteiger partial charge >= 0.3 is 0 Å². The van der Waals surface area contributed by atoms with Gasteiger partial charge in [0.1, 0.15) is 0 Å². The van der Waals surface area contributed by atoms with Gasteiger partial charge in [-0.05, 0) is 18.9 Å². The molecular weight excluding hydrogens is 180 g/mol. The van der Waals surface area contributed by atoms with Crippen LogP contribution in [0.1, 0.15) is 13.3 Å². The highest BCUT2D eigenvalue weighted by Crippen LogP contribution is 2.17. The number of morpholine rings is 1. The maximum absolute atomic E-state index is 12.0. The van der Waals surface area contributed by atoms with Gasteiger partial charge in [0.2, 0.25) is 5.91 Å². The molecular formula is C10H18N2O2. The van der Waals surface area contributed by atoms with E-state index in [0.717, 1.165) is 26.1 Å². The molecule has 0 aliphatic carbocycles. The molecule has 0 aromatic heterocycles. The number of nitrogens with one attached hydrogen (secondary N) is 1. The standard InChI is InChI=1S/C10H18N2O2/c1-8-2-3-11-9(8)10(13)12-4-6-14-7-5-12/h8-9,11H,2-7H2,1H3. The summed E-state index contributed by atoms with van der Waals surface area (Å²) in [6.45, 7) is 6.00. The van der Waals surface area contributed by atoms with Crippen LogP contribution in [-0.4, -0.2) is 49.7 Å². The number of carbonyl (C=O) groups is 1. The SMILES string of the molecule is CC1CCNC1C(=O)N1CCOCC1. The molecule has 14 heavy (non-hydrogen) atoms. The zero-order valence-corrected chi connectivity index (χ0v) is 8.66. The zero-order chi connectivity index (χ0) is 9.97. The minimum absolute atomic E-state index is 0.0492. The van der Waals surface area contributed by atoms with E-state index in [-0.39, 0.29) is 11.9 Å². The number of amides is 1. The van der Waals surface area contributed by atoms with E-state index in [1.54, 1.807) is 0 Å². The van der Waals surface area contributed by atoms with Gasteiger partial charge in [-0.1, -0.05) is 6.92 Å². The molecule has 0 spiro atoms. The number of ether oxygens (including phenoxy) is 1. The smallest absolute Gasteiger partial charge is 0.240 e. The molecule has 4 heteroatoms.